The maximum Gasteiger partial charge on any atom is 0.0470 e. The summed E-state index contributed by atoms with van der Waals surface area (Å²) in [7, 11) is 0. The highest BCUT2D eigenvalue weighted by molar-refractivity contribution is 9.13. The summed E-state index contributed by atoms with van der Waals surface area (Å²) in [6.45, 7) is 7.73. The van der Waals surface area contributed by atoms with Gasteiger partial charge in [0.2, 0.25) is 0 Å². The summed E-state index contributed by atoms with van der Waals surface area (Å²) in [6.07, 6.45) is 3.83. The van der Waals surface area contributed by atoms with Crippen LogP contribution in [-0.2, 0) is 0 Å². The molecule has 1 fully saturated rings. The fraction of sp³-hybridized carbons (Fsp3) is 0.625. The van der Waals surface area contributed by atoms with Crippen molar-refractivity contribution in [3.63, 3.8) is 0 Å². The lowest BCUT2D eigenvalue weighted by Gasteiger charge is -2.31. The van der Waals surface area contributed by atoms with Gasteiger partial charge in [-0.25, -0.2) is 0 Å². The molecule has 1 aliphatic heterocycles. The number of benzene rings is 1. The molecule has 1 aliphatic rings. The van der Waals surface area contributed by atoms with Crippen LogP contribution >= 0.6 is 31.9 Å². The number of hydrogen-bond donors (Lipinski definition) is 1. The molecule has 0 radical (unpaired) electrons. The Morgan fingerprint density at radius 2 is 1.95 bits per heavy atom. The molecule has 4 heteroatoms. The van der Waals surface area contributed by atoms with Crippen LogP contribution in [0.4, 0.5) is 0 Å². The first kappa shape index (κ1) is 16.5. The smallest absolute Gasteiger partial charge is 0.0470 e. The number of hydrogen-bond acceptors (Lipinski definition) is 2. The van der Waals surface area contributed by atoms with Crippen LogP contribution in [0.2, 0.25) is 0 Å². The zero-order chi connectivity index (χ0) is 14.8. The molecule has 2 nitrogen and oxygen atoms in total. The van der Waals surface area contributed by atoms with E-state index in [1.165, 1.54) is 24.8 Å². The number of nitrogens with two attached hydrogens (primary N) is 1. The van der Waals surface area contributed by atoms with E-state index in [1.807, 2.05) is 0 Å². The van der Waals surface area contributed by atoms with Gasteiger partial charge in [0, 0.05) is 21.5 Å². The second kappa shape index (κ2) is 6.91. The molecule has 0 bridgehead atoms. The van der Waals surface area contributed by atoms with Crippen LogP contribution in [0.3, 0.4) is 0 Å². The fourth-order valence-corrected chi connectivity index (χ4v) is 3.61. The van der Waals surface area contributed by atoms with E-state index in [4.69, 9.17) is 5.73 Å². The second-order valence-electron chi connectivity index (χ2n) is 6.48. The van der Waals surface area contributed by atoms with Gasteiger partial charge in [-0.05, 0) is 87.3 Å². The van der Waals surface area contributed by atoms with Crippen LogP contribution in [0.25, 0.3) is 0 Å². The third-order valence-electron chi connectivity index (χ3n) is 4.37. The van der Waals surface area contributed by atoms with Crippen LogP contribution in [0.5, 0.6) is 0 Å². The Bertz CT molecular complexity index is 460. The number of rotatable bonds is 3. The highest BCUT2D eigenvalue weighted by atomic mass is 79.9. The molecule has 1 atom stereocenters. The lowest BCUT2D eigenvalue weighted by Crippen LogP contribution is -2.35. The van der Waals surface area contributed by atoms with Crippen molar-refractivity contribution in [2.24, 2.45) is 11.1 Å². The zero-order valence-electron chi connectivity index (χ0n) is 12.3. The van der Waals surface area contributed by atoms with E-state index in [9.17, 15) is 0 Å². The molecular weight excluding hydrogens is 380 g/mol. The topological polar surface area (TPSA) is 29.3 Å². The van der Waals surface area contributed by atoms with Gasteiger partial charge in [0.25, 0.3) is 0 Å². The lowest BCUT2D eigenvalue weighted by atomic mass is 9.85. The Kier molecular flexibility index (Phi) is 5.69. The molecule has 1 saturated heterocycles. The first-order valence-electron chi connectivity index (χ1n) is 7.32. The quantitative estimate of drug-likeness (QED) is 0.790. The van der Waals surface area contributed by atoms with Crippen molar-refractivity contribution in [3.8, 4) is 0 Å². The minimum atomic E-state index is 0.327. The minimum Gasteiger partial charge on any atom is -0.329 e. The Hall–Kier alpha value is 0.1000. The zero-order valence-corrected chi connectivity index (χ0v) is 15.5. The molecule has 1 aromatic carbocycles. The highest BCUT2D eigenvalue weighted by Gasteiger charge is 2.27. The molecule has 0 saturated carbocycles. The minimum absolute atomic E-state index is 0.327. The van der Waals surface area contributed by atoms with Gasteiger partial charge in [-0.2, -0.15) is 0 Å². The number of likely N-dealkylation sites (tertiary alicyclic amines) is 1. The fourth-order valence-electron chi connectivity index (χ4n) is 2.97. The molecule has 1 unspecified atom stereocenters. The van der Waals surface area contributed by atoms with Gasteiger partial charge in [-0.15, -0.1) is 0 Å². The second-order valence-corrected chi connectivity index (χ2v) is 8.19. The maximum atomic E-state index is 6.07. The summed E-state index contributed by atoms with van der Waals surface area (Å²) >= 11 is 7.13. The summed E-state index contributed by atoms with van der Waals surface area (Å²) in [4.78, 5) is 2.56. The van der Waals surface area contributed by atoms with E-state index in [-0.39, 0.29) is 0 Å². The lowest BCUT2D eigenvalue weighted by molar-refractivity contribution is 0.200. The van der Waals surface area contributed by atoms with E-state index in [0.717, 1.165) is 22.0 Å². The highest BCUT2D eigenvalue weighted by Crippen LogP contribution is 2.34. The van der Waals surface area contributed by atoms with Gasteiger partial charge in [0.15, 0.2) is 0 Å². The molecule has 0 amide bonds. The van der Waals surface area contributed by atoms with Gasteiger partial charge in [0.1, 0.15) is 0 Å². The van der Waals surface area contributed by atoms with E-state index >= 15 is 0 Å². The summed E-state index contributed by atoms with van der Waals surface area (Å²) in [5, 5.41) is 0. The Morgan fingerprint density at radius 3 is 2.60 bits per heavy atom. The van der Waals surface area contributed by atoms with E-state index in [0.29, 0.717) is 18.0 Å². The number of nitrogens with zero attached hydrogens (tertiary/aromatic N) is 1. The van der Waals surface area contributed by atoms with Crippen LogP contribution < -0.4 is 5.73 Å². The van der Waals surface area contributed by atoms with Crippen molar-refractivity contribution in [3.05, 3.63) is 32.7 Å². The van der Waals surface area contributed by atoms with Crippen molar-refractivity contribution < 1.29 is 0 Å². The Morgan fingerprint density at radius 1 is 1.20 bits per heavy atom. The van der Waals surface area contributed by atoms with Crippen molar-refractivity contribution in [2.45, 2.75) is 39.2 Å². The van der Waals surface area contributed by atoms with E-state index in [2.05, 4.69) is 68.8 Å². The molecule has 0 aromatic heterocycles. The van der Waals surface area contributed by atoms with E-state index < -0.39 is 0 Å². The molecule has 112 valence electrons. The maximum absolute atomic E-state index is 6.07. The third-order valence-corrected chi connectivity index (χ3v) is 6.25. The average Bonchev–Trinajstić information content (AvgIpc) is 2.56. The monoisotopic (exact) mass is 402 g/mol. The van der Waals surface area contributed by atoms with Crippen LogP contribution in [-0.4, -0.2) is 24.5 Å². The predicted molar refractivity (Wildman–Crippen MR) is 92.8 cm³/mol. The van der Waals surface area contributed by atoms with Gasteiger partial charge in [0.05, 0.1) is 0 Å². The normalized spacial score (nSPS) is 21.4. The molecule has 20 heavy (non-hydrogen) atoms. The van der Waals surface area contributed by atoms with Crippen LogP contribution in [0.15, 0.2) is 27.1 Å². The molecule has 1 heterocycles. The molecule has 0 aliphatic carbocycles. The largest absolute Gasteiger partial charge is 0.329 e. The predicted octanol–water partition coefficient (Wildman–Crippen LogP) is 4.72. The summed E-state index contributed by atoms with van der Waals surface area (Å²) in [5.74, 6) is 0. The molecular formula is C16H24Br2N2. The molecule has 2 rings (SSSR count). The first-order chi connectivity index (χ1) is 9.43. The Labute approximate surface area is 139 Å². The molecule has 0 spiro atoms. The van der Waals surface area contributed by atoms with Crippen LogP contribution in [0, 0.1) is 5.41 Å². The Balaban J connectivity index is 2.17. The van der Waals surface area contributed by atoms with Crippen molar-refractivity contribution in [2.75, 3.05) is 19.6 Å². The summed E-state index contributed by atoms with van der Waals surface area (Å²) in [5.41, 5.74) is 7.85. The standard InChI is InChI=1S/C16H24Br2N2/c1-16(2)6-3-8-20(9-7-16)15(11-19)12-4-5-13(17)14(18)10-12/h4-5,10,15H,3,6-9,11,19H2,1-2H3. The molecule has 1 aromatic rings. The van der Waals surface area contributed by atoms with Gasteiger partial charge in [-0.3, -0.25) is 4.90 Å². The third kappa shape index (κ3) is 4.06. The van der Waals surface area contributed by atoms with Crippen molar-refractivity contribution in [1.29, 1.82) is 0 Å². The van der Waals surface area contributed by atoms with Gasteiger partial charge < -0.3 is 5.73 Å². The SMILES string of the molecule is CC1(C)CCCN(C(CN)c2ccc(Br)c(Br)c2)CC1. The van der Waals surface area contributed by atoms with Crippen molar-refractivity contribution >= 4 is 31.9 Å². The van der Waals surface area contributed by atoms with Gasteiger partial charge in [-0.1, -0.05) is 19.9 Å². The van der Waals surface area contributed by atoms with E-state index in [1.54, 1.807) is 0 Å². The summed E-state index contributed by atoms with van der Waals surface area (Å²) < 4.78 is 2.19. The molecule has 2 N–H and O–H groups in total. The van der Waals surface area contributed by atoms with Gasteiger partial charge >= 0.3 is 0 Å². The average molecular weight is 404 g/mol. The number of halogens is 2. The van der Waals surface area contributed by atoms with Crippen molar-refractivity contribution in [1.82, 2.24) is 4.90 Å². The first-order valence-corrected chi connectivity index (χ1v) is 8.90. The summed E-state index contributed by atoms with van der Waals surface area (Å²) in [6, 6.07) is 6.80. The van der Waals surface area contributed by atoms with Crippen LogP contribution in [0.1, 0.15) is 44.7 Å².